The number of hydrogen-bond acceptors (Lipinski definition) is 7. The van der Waals surface area contributed by atoms with Crippen LogP contribution in [0.4, 0.5) is 11.4 Å². The number of hydrogen-bond donors (Lipinski definition) is 1. The topological polar surface area (TPSA) is 139 Å². The summed E-state index contributed by atoms with van der Waals surface area (Å²) < 4.78 is 34.8. The van der Waals surface area contributed by atoms with Crippen molar-refractivity contribution in [3.63, 3.8) is 0 Å². The standard InChI is InChI=1S/C36H38Cl2N4O7S/c1-4-5-19-39-36(44)34(21-26-9-7-6-8-10-26)40(23-27-12-18-31(37)32(38)20-27)35(43)24-41(28-13-15-29(49-3)16-14-28)50(47,48)30-17-11-25(2)33(22-30)42(45)46/h6-18,20,22,34H,4-5,19,21,23-24H2,1-3H3,(H,39,44). The summed E-state index contributed by atoms with van der Waals surface area (Å²) in [5, 5.41) is 15.2. The van der Waals surface area contributed by atoms with Gasteiger partial charge in [-0.1, -0.05) is 79.0 Å². The summed E-state index contributed by atoms with van der Waals surface area (Å²) in [6.45, 7) is 3.02. The van der Waals surface area contributed by atoms with E-state index in [4.69, 9.17) is 27.9 Å². The smallest absolute Gasteiger partial charge is 0.273 e. The summed E-state index contributed by atoms with van der Waals surface area (Å²) in [5.41, 5.74) is 1.32. The van der Waals surface area contributed by atoms with Gasteiger partial charge in [-0.2, -0.15) is 0 Å². The first kappa shape index (κ1) is 38.2. The van der Waals surface area contributed by atoms with Crippen LogP contribution in [0.5, 0.6) is 5.75 Å². The minimum atomic E-state index is -4.58. The zero-order valence-electron chi connectivity index (χ0n) is 27.8. The first-order valence-electron chi connectivity index (χ1n) is 15.8. The van der Waals surface area contributed by atoms with Gasteiger partial charge >= 0.3 is 0 Å². The largest absolute Gasteiger partial charge is 0.497 e. The van der Waals surface area contributed by atoms with Crippen molar-refractivity contribution in [3.8, 4) is 5.75 Å². The third-order valence-electron chi connectivity index (χ3n) is 8.04. The molecule has 0 aliphatic rings. The molecule has 50 heavy (non-hydrogen) atoms. The van der Waals surface area contributed by atoms with E-state index < -0.39 is 39.3 Å². The average molecular weight is 742 g/mol. The van der Waals surface area contributed by atoms with Crippen LogP contribution in [0.15, 0.2) is 95.9 Å². The van der Waals surface area contributed by atoms with E-state index in [9.17, 15) is 28.1 Å². The molecule has 0 bridgehead atoms. The fraction of sp³-hybridized carbons (Fsp3) is 0.278. The van der Waals surface area contributed by atoms with E-state index in [1.165, 1.54) is 55.3 Å². The molecule has 2 amide bonds. The van der Waals surface area contributed by atoms with Gasteiger partial charge in [-0.15, -0.1) is 0 Å². The van der Waals surface area contributed by atoms with E-state index in [2.05, 4.69) is 5.32 Å². The number of carbonyl (C=O) groups excluding carboxylic acids is 2. The Morgan fingerprint density at radius 2 is 1.64 bits per heavy atom. The van der Waals surface area contributed by atoms with Crippen molar-refractivity contribution in [2.24, 2.45) is 0 Å². The number of benzene rings is 4. The van der Waals surface area contributed by atoms with E-state index in [0.29, 0.717) is 22.9 Å². The molecule has 0 aliphatic heterocycles. The summed E-state index contributed by atoms with van der Waals surface area (Å²) in [7, 11) is -3.13. The van der Waals surface area contributed by atoms with Gasteiger partial charge in [0, 0.05) is 31.1 Å². The average Bonchev–Trinajstić information content (AvgIpc) is 3.10. The zero-order chi connectivity index (χ0) is 36.4. The molecule has 4 aromatic rings. The molecule has 14 heteroatoms. The lowest BCUT2D eigenvalue weighted by molar-refractivity contribution is -0.385. The van der Waals surface area contributed by atoms with Crippen LogP contribution in [0.1, 0.15) is 36.5 Å². The Balaban J connectivity index is 1.84. The van der Waals surface area contributed by atoms with E-state index in [1.807, 2.05) is 37.3 Å². The van der Waals surface area contributed by atoms with Crippen molar-refractivity contribution in [1.82, 2.24) is 10.2 Å². The molecular weight excluding hydrogens is 703 g/mol. The van der Waals surface area contributed by atoms with Crippen LogP contribution in [0.3, 0.4) is 0 Å². The maximum atomic E-state index is 14.6. The molecule has 0 spiro atoms. The number of aryl methyl sites for hydroxylation is 1. The molecule has 0 saturated carbocycles. The van der Waals surface area contributed by atoms with Crippen LogP contribution in [-0.4, -0.2) is 56.3 Å². The van der Waals surface area contributed by atoms with Crippen molar-refractivity contribution in [3.05, 3.63) is 128 Å². The van der Waals surface area contributed by atoms with Crippen molar-refractivity contribution in [1.29, 1.82) is 0 Å². The lowest BCUT2D eigenvalue weighted by Gasteiger charge is -2.34. The Morgan fingerprint density at radius 3 is 2.26 bits per heavy atom. The van der Waals surface area contributed by atoms with Gasteiger partial charge < -0.3 is 15.0 Å². The van der Waals surface area contributed by atoms with E-state index in [0.717, 1.165) is 28.8 Å². The maximum Gasteiger partial charge on any atom is 0.273 e. The van der Waals surface area contributed by atoms with E-state index in [1.54, 1.807) is 18.2 Å². The van der Waals surface area contributed by atoms with Gasteiger partial charge in [-0.25, -0.2) is 8.42 Å². The number of rotatable bonds is 16. The molecule has 1 unspecified atom stereocenters. The molecule has 0 aliphatic carbocycles. The number of anilines is 1. The Hall–Kier alpha value is -4.65. The van der Waals surface area contributed by atoms with Gasteiger partial charge in [-0.05, 0) is 66.9 Å². The molecule has 0 fully saturated rings. The first-order chi connectivity index (χ1) is 23.8. The third kappa shape index (κ3) is 9.52. The summed E-state index contributed by atoms with van der Waals surface area (Å²) in [6.07, 6.45) is 1.68. The van der Waals surface area contributed by atoms with Gasteiger partial charge in [0.2, 0.25) is 11.8 Å². The van der Waals surface area contributed by atoms with Crippen LogP contribution in [0.2, 0.25) is 10.0 Å². The number of unbranched alkanes of at least 4 members (excludes halogenated alkanes) is 1. The number of nitrogens with zero attached hydrogens (tertiary/aromatic N) is 3. The Kier molecular flexibility index (Phi) is 13.2. The zero-order valence-corrected chi connectivity index (χ0v) is 30.2. The van der Waals surface area contributed by atoms with Crippen LogP contribution in [0, 0.1) is 17.0 Å². The highest BCUT2D eigenvalue weighted by atomic mass is 35.5. The molecule has 4 aromatic carbocycles. The molecule has 1 atom stereocenters. The lowest BCUT2D eigenvalue weighted by Crippen LogP contribution is -2.53. The molecule has 264 valence electrons. The third-order valence-corrected chi connectivity index (χ3v) is 10.6. The maximum absolute atomic E-state index is 14.6. The second-order valence-electron chi connectivity index (χ2n) is 11.5. The number of halogens is 2. The number of nitro groups is 1. The van der Waals surface area contributed by atoms with Crippen molar-refractivity contribution in [2.45, 2.75) is 50.6 Å². The second kappa shape index (κ2) is 17.3. The Bertz CT molecular complexity index is 1930. The minimum absolute atomic E-state index is 0.101. The van der Waals surface area contributed by atoms with Gasteiger partial charge in [0.1, 0.15) is 18.3 Å². The van der Waals surface area contributed by atoms with Crippen LogP contribution < -0.4 is 14.4 Å². The number of nitro benzene ring substituents is 1. The number of ether oxygens (including phenoxy) is 1. The molecule has 0 aromatic heterocycles. The minimum Gasteiger partial charge on any atom is -0.497 e. The Morgan fingerprint density at radius 1 is 0.940 bits per heavy atom. The van der Waals surface area contributed by atoms with Crippen LogP contribution in [-0.2, 0) is 32.6 Å². The molecule has 4 rings (SSSR count). The lowest BCUT2D eigenvalue weighted by atomic mass is 10.0. The molecule has 0 radical (unpaired) electrons. The normalized spacial score (nSPS) is 11.8. The summed E-state index contributed by atoms with van der Waals surface area (Å²) >= 11 is 12.5. The number of sulfonamides is 1. The first-order valence-corrected chi connectivity index (χ1v) is 18.0. The van der Waals surface area contributed by atoms with Crippen LogP contribution in [0.25, 0.3) is 0 Å². The van der Waals surface area contributed by atoms with Crippen molar-refractivity contribution < 1.29 is 27.7 Å². The number of nitrogens with one attached hydrogen (secondary N) is 1. The predicted molar refractivity (Wildman–Crippen MR) is 194 cm³/mol. The molecule has 0 heterocycles. The highest BCUT2D eigenvalue weighted by Crippen LogP contribution is 2.30. The fourth-order valence-corrected chi connectivity index (χ4v) is 7.00. The summed E-state index contributed by atoms with van der Waals surface area (Å²) in [4.78, 5) is 40.6. The predicted octanol–water partition coefficient (Wildman–Crippen LogP) is 6.97. The number of methoxy groups -OCH3 is 1. The van der Waals surface area contributed by atoms with Gasteiger partial charge in [0.15, 0.2) is 0 Å². The van der Waals surface area contributed by atoms with Gasteiger partial charge in [0.25, 0.3) is 15.7 Å². The molecule has 1 N–H and O–H groups in total. The fourth-order valence-electron chi connectivity index (χ4n) is 5.25. The molecular formula is C36H38Cl2N4O7S. The highest BCUT2D eigenvalue weighted by molar-refractivity contribution is 7.92. The van der Waals surface area contributed by atoms with Crippen LogP contribution >= 0.6 is 23.2 Å². The molecule has 11 nitrogen and oxygen atoms in total. The second-order valence-corrected chi connectivity index (χ2v) is 14.2. The van der Waals surface area contributed by atoms with E-state index >= 15 is 0 Å². The highest BCUT2D eigenvalue weighted by Gasteiger charge is 2.35. The summed E-state index contributed by atoms with van der Waals surface area (Å²) in [6, 6.07) is 22.5. The van der Waals surface area contributed by atoms with E-state index in [-0.39, 0.29) is 39.8 Å². The number of carbonyl (C=O) groups is 2. The van der Waals surface area contributed by atoms with Crippen molar-refractivity contribution >= 4 is 56.4 Å². The molecule has 0 saturated heterocycles. The SMILES string of the molecule is CCCCNC(=O)C(Cc1ccccc1)N(Cc1ccc(Cl)c(Cl)c1)C(=O)CN(c1ccc(OC)cc1)S(=O)(=O)c1ccc(C)c([N+](=O)[O-])c1. The summed E-state index contributed by atoms with van der Waals surface area (Å²) in [5.74, 6) is -0.677. The van der Waals surface area contributed by atoms with Gasteiger partial charge in [0.05, 0.1) is 32.7 Å². The van der Waals surface area contributed by atoms with Crippen molar-refractivity contribution in [2.75, 3.05) is 24.5 Å². The van der Waals surface area contributed by atoms with Gasteiger partial charge in [-0.3, -0.25) is 24.0 Å². The number of amides is 2. The quantitative estimate of drug-likeness (QED) is 0.0744. The monoisotopic (exact) mass is 740 g/mol. The Labute approximate surface area is 302 Å².